The van der Waals surface area contributed by atoms with E-state index in [-0.39, 0.29) is 23.7 Å². The first kappa shape index (κ1) is 21.3. The average molecular weight is 426 g/mol. The lowest BCUT2D eigenvalue weighted by molar-refractivity contribution is 0.0577. The van der Waals surface area contributed by atoms with Crippen molar-refractivity contribution in [3.05, 3.63) is 59.2 Å². The minimum absolute atomic E-state index is 0.230. The first-order valence-electron chi connectivity index (χ1n) is 10.7. The maximum absolute atomic E-state index is 13.2. The van der Waals surface area contributed by atoms with Crippen LogP contribution in [0.4, 0.5) is 14.9 Å². The molecule has 6 nitrogen and oxygen atoms in total. The van der Waals surface area contributed by atoms with E-state index in [1.807, 2.05) is 32.9 Å². The smallest absolute Gasteiger partial charge is 0.414 e. The number of rotatable bonds is 3. The van der Waals surface area contributed by atoms with E-state index in [1.165, 1.54) is 24.3 Å². The number of pyridine rings is 1. The van der Waals surface area contributed by atoms with Gasteiger partial charge in [0.25, 0.3) is 5.91 Å². The van der Waals surface area contributed by atoms with E-state index in [0.29, 0.717) is 12.1 Å². The Bertz CT molecular complexity index is 1020. The summed E-state index contributed by atoms with van der Waals surface area (Å²) < 4.78 is 18.7. The van der Waals surface area contributed by atoms with Gasteiger partial charge in [-0.25, -0.2) is 9.18 Å². The number of aromatic nitrogens is 1. The topological polar surface area (TPSA) is 71.5 Å². The summed E-state index contributed by atoms with van der Waals surface area (Å²) in [6, 6.07) is 9.29. The Labute approximate surface area is 181 Å². The monoisotopic (exact) mass is 425 g/mol. The molecule has 0 saturated heterocycles. The molecular formula is C24H28FN3O3. The molecule has 0 bridgehead atoms. The SMILES string of the molecule is C[C@@H]1C[C@]1(NC(=O)c1ccc(F)cc1)c1ccc2c(n1)CCCN2C(=O)OC(C)(C)C. The van der Waals surface area contributed by atoms with Crippen LogP contribution in [-0.4, -0.2) is 29.1 Å². The molecule has 1 aliphatic carbocycles. The lowest BCUT2D eigenvalue weighted by Crippen LogP contribution is -2.41. The fraction of sp³-hybridized carbons (Fsp3) is 0.458. The molecule has 2 heterocycles. The van der Waals surface area contributed by atoms with Crippen LogP contribution < -0.4 is 10.2 Å². The summed E-state index contributed by atoms with van der Waals surface area (Å²) in [6.45, 7) is 8.20. The highest BCUT2D eigenvalue weighted by Gasteiger charge is 2.55. The highest BCUT2D eigenvalue weighted by molar-refractivity contribution is 5.95. The van der Waals surface area contributed by atoms with Crippen molar-refractivity contribution >= 4 is 17.7 Å². The minimum atomic E-state index is -0.569. The number of halogens is 1. The van der Waals surface area contributed by atoms with Crippen molar-refractivity contribution in [3.63, 3.8) is 0 Å². The molecule has 2 aromatic rings. The van der Waals surface area contributed by atoms with Gasteiger partial charge in [-0.05, 0) is 82.3 Å². The van der Waals surface area contributed by atoms with E-state index in [2.05, 4.69) is 12.2 Å². The summed E-state index contributed by atoms with van der Waals surface area (Å²) in [4.78, 5) is 31.9. The molecule has 4 rings (SSSR count). The van der Waals surface area contributed by atoms with Gasteiger partial charge in [-0.1, -0.05) is 6.92 Å². The lowest BCUT2D eigenvalue weighted by atomic mass is 10.0. The molecule has 1 N–H and O–H groups in total. The van der Waals surface area contributed by atoms with Crippen LogP contribution in [0.15, 0.2) is 36.4 Å². The number of amides is 2. The number of nitrogens with one attached hydrogen (secondary N) is 1. The van der Waals surface area contributed by atoms with Crippen LogP contribution in [0.2, 0.25) is 0 Å². The van der Waals surface area contributed by atoms with Gasteiger partial charge >= 0.3 is 6.09 Å². The Morgan fingerprint density at radius 1 is 1.19 bits per heavy atom. The predicted molar refractivity (Wildman–Crippen MR) is 115 cm³/mol. The third kappa shape index (κ3) is 4.27. The summed E-state index contributed by atoms with van der Waals surface area (Å²) in [5.41, 5.74) is 1.69. The second kappa shape index (κ2) is 7.62. The zero-order valence-electron chi connectivity index (χ0n) is 18.4. The van der Waals surface area contributed by atoms with Gasteiger partial charge in [-0.15, -0.1) is 0 Å². The fourth-order valence-corrected chi connectivity index (χ4v) is 4.10. The predicted octanol–water partition coefficient (Wildman–Crippen LogP) is 4.57. The van der Waals surface area contributed by atoms with Crippen LogP contribution in [0.1, 0.15) is 62.3 Å². The van der Waals surface area contributed by atoms with E-state index in [0.717, 1.165) is 36.3 Å². The van der Waals surface area contributed by atoms with E-state index in [1.54, 1.807) is 4.90 Å². The molecule has 1 fully saturated rings. The Hall–Kier alpha value is -2.96. The van der Waals surface area contributed by atoms with Crippen molar-refractivity contribution in [1.82, 2.24) is 10.3 Å². The normalized spacial score (nSPS) is 22.5. The Morgan fingerprint density at radius 2 is 1.87 bits per heavy atom. The zero-order chi connectivity index (χ0) is 22.4. The summed E-state index contributed by atoms with van der Waals surface area (Å²) in [6.07, 6.45) is 1.97. The molecular weight excluding hydrogens is 397 g/mol. The molecule has 0 unspecified atom stereocenters. The molecule has 0 spiro atoms. The summed E-state index contributed by atoms with van der Waals surface area (Å²) in [5, 5.41) is 3.11. The van der Waals surface area contributed by atoms with Gasteiger partial charge in [0.1, 0.15) is 11.4 Å². The Balaban J connectivity index is 1.58. The number of carbonyl (C=O) groups is 2. The fourth-order valence-electron chi connectivity index (χ4n) is 4.10. The van der Waals surface area contributed by atoms with Crippen LogP contribution in [0.25, 0.3) is 0 Å². The van der Waals surface area contributed by atoms with Crippen molar-refractivity contribution in [2.75, 3.05) is 11.4 Å². The number of aryl methyl sites for hydroxylation is 1. The number of ether oxygens (including phenoxy) is 1. The van der Waals surface area contributed by atoms with E-state index in [9.17, 15) is 14.0 Å². The van der Waals surface area contributed by atoms with Crippen LogP contribution in [0.5, 0.6) is 0 Å². The molecule has 164 valence electrons. The molecule has 2 amide bonds. The van der Waals surface area contributed by atoms with Crippen LogP contribution in [0.3, 0.4) is 0 Å². The van der Waals surface area contributed by atoms with E-state index in [4.69, 9.17) is 9.72 Å². The van der Waals surface area contributed by atoms with Gasteiger partial charge in [0.05, 0.1) is 22.6 Å². The maximum Gasteiger partial charge on any atom is 0.414 e. The number of hydrogen-bond donors (Lipinski definition) is 1. The molecule has 2 atom stereocenters. The molecule has 1 aromatic carbocycles. The second-order valence-electron chi connectivity index (χ2n) is 9.44. The quantitative estimate of drug-likeness (QED) is 0.782. The largest absolute Gasteiger partial charge is 0.443 e. The number of hydrogen-bond acceptors (Lipinski definition) is 4. The van der Waals surface area contributed by atoms with Gasteiger partial charge in [-0.2, -0.15) is 0 Å². The summed E-state index contributed by atoms with van der Waals surface area (Å²) in [7, 11) is 0. The molecule has 2 aliphatic rings. The minimum Gasteiger partial charge on any atom is -0.443 e. The van der Waals surface area contributed by atoms with Gasteiger partial charge in [0.2, 0.25) is 0 Å². The average Bonchev–Trinajstić information content (AvgIpc) is 3.36. The number of carbonyl (C=O) groups excluding carboxylic acids is 2. The molecule has 7 heteroatoms. The third-order valence-corrected chi connectivity index (χ3v) is 5.86. The molecule has 0 radical (unpaired) electrons. The Morgan fingerprint density at radius 3 is 2.48 bits per heavy atom. The van der Waals surface area contributed by atoms with Crippen molar-refractivity contribution in [2.24, 2.45) is 5.92 Å². The highest BCUT2D eigenvalue weighted by atomic mass is 19.1. The van der Waals surface area contributed by atoms with Crippen molar-refractivity contribution in [3.8, 4) is 0 Å². The van der Waals surface area contributed by atoms with Gasteiger partial charge in [0, 0.05) is 12.1 Å². The number of anilines is 1. The van der Waals surface area contributed by atoms with E-state index < -0.39 is 11.1 Å². The van der Waals surface area contributed by atoms with Gasteiger partial charge in [-0.3, -0.25) is 14.7 Å². The van der Waals surface area contributed by atoms with Crippen molar-refractivity contribution in [2.45, 2.75) is 58.1 Å². The van der Waals surface area contributed by atoms with Gasteiger partial charge in [0.15, 0.2) is 0 Å². The molecule has 1 saturated carbocycles. The van der Waals surface area contributed by atoms with Crippen LogP contribution in [0, 0.1) is 11.7 Å². The molecule has 1 aromatic heterocycles. The number of benzene rings is 1. The maximum atomic E-state index is 13.2. The third-order valence-electron chi connectivity index (χ3n) is 5.86. The highest BCUT2D eigenvalue weighted by Crippen LogP contribution is 2.51. The van der Waals surface area contributed by atoms with Crippen LogP contribution >= 0.6 is 0 Å². The molecule has 1 aliphatic heterocycles. The van der Waals surface area contributed by atoms with Crippen molar-refractivity contribution in [1.29, 1.82) is 0 Å². The van der Waals surface area contributed by atoms with Crippen LogP contribution in [-0.2, 0) is 16.7 Å². The standard InChI is InChI=1S/C24H28FN3O3/c1-15-14-24(15,27-21(29)16-7-9-17(25)10-8-16)20-12-11-19-18(26-20)6-5-13-28(19)22(30)31-23(2,3)4/h7-12,15H,5-6,13-14H2,1-4H3,(H,27,29)/t15-,24-/m1/s1. The summed E-state index contributed by atoms with van der Waals surface area (Å²) >= 11 is 0. The number of fused-ring (bicyclic) bond motifs is 1. The van der Waals surface area contributed by atoms with E-state index >= 15 is 0 Å². The Kier molecular flexibility index (Phi) is 5.23. The van der Waals surface area contributed by atoms with Gasteiger partial charge < -0.3 is 10.1 Å². The lowest BCUT2D eigenvalue weighted by Gasteiger charge is -2.32. The van der Waals surface area contributed by atoms with Crippen molar-refractivity contribution < 1.29 is 18.7 Å². The summed E-state index contributed by atoms with van der Waals surface area (Å²) in [5.74, 6) is -0.399. The zero-order valence-corrected chi connectivity index (χ0v) is 18.4. The second-order valence-corrected chi connectivity index (χ2v) is 9.44. The molecule has 31 heavy (non-hydrogen) atoms. The number of nitrogens with zero attached hydrogens (tertiary/aromatic N) is 2. The first-order chi connectivity index (χ1) is 14.6. The first-order valence-corrected chi connectivity index (χ1v) is 10.7.